The van der Waals surface area contributed by atoms with Crippen molar-refractivity contribution in [3.63, 3.8) is 0 Å². The van der Waals surface area contributed by atoms with Crippen LogP contribution in [0.25, 0.3) is 21.9 Å². The van der Waals surface area contributed by atoms with Crippen molar-refractivity contribution in [1.29, 1.82) is 0 Å². The molecular formula is C29H30O4. The highest BCUT2D eigenvalue weighted by molar-refractivity contribution is 5.92. The van der Waals surface area contributed by atoms with Gasteiger partial charge in [-0.25, -0.2) is 0 Å². The van der Waals surface area contributed by atoms with E-state index in [0.717, 1.165) is 51.6 Å². The summed E-state index contributed by atoms with van der Waals surface area (Å²) in [5, 5.41) is 12.5. The van der Waals surface area contributed by atoms with Crippen LogP contribution in [0.5, 0.6) is 11.5 Å². The molecule has 0 amide bonds. The van der Waals surface area contributed by atoms with E-state index in [0.29, 0.717) is 19.0 Å². The maximum atomic E-state index is 10.6. The lowest BCUT2D eigenvalue weighted by Gasteiger charge is -2.15. The van der Waals surface area contributed by atoms with Gasteiger partial charge in [0.1, 0.15) is 11.5 Å². The summed E-state index contributed by atoms with van der Waals surface area (Å²) >= 11 is 0. The van der Waals surface area contributed by atoms with Crippen molar-refractivity contribution in [2.75, 3.05) is 27.1 Å². The van der Waals surface area contributed by atoms with Gasteiger partial charge in [-0.2, -0.15) is 0 Å². The third-order valence-corrected chi connectivity index (χ3v) is 5.76. The second-order valence-electron chi connectivity index (χ2n) is 8.05. The van der Waals surface area contributed by atoms with Gasteiger partial charge in [-0.1, -0.05) is 61.5 Å². The first kappa shape index (κ1) is 22.8. The first-order valence-corrected chi connectivity index (χ1v) is 11.3. The average molecular weight is 443 g/mol. The smallest absolute Gasteiger partial charge is 0.189 e. The molecule has 33 heavy (non-hydrogen) atoms. The predicted molar refractivity (Wildman–Crippen MR) is 133 cm³/mol. The molecule has 0 aromatic heterocycles. The van der Waals surface area contributed by atoms with Gasteiger partial charge >= 0.3 is 0 Å². The number of ether oxygens (including phenoxy) is 3. The SMILES string of the molecule is CCc1cc(O)c2cc(-c3ccc(OCOCCOC)c(Cc4ccccc4)c3)ccc2c1. The van der Waals surface area contributed by atoms with Gasteiger partial charge in [-0.15, -0.1) is 0 Å². The monoisotopic (exact) mass is 442 g/mol. The molecule has 0 radical (unpaired) electrons. The highest BCUT2D eigenvalue weighted by Crippen LogP contribution is 2.34. The summed E-state index contributed by atoms with van der Waals surface area (Å²) in [5.41, 5.74) is 5.56. The van der Waals surface area contributed by atoms with E-state index < -0.39 is 0 Å². The minimum atomic E-state index is 0.175. The summed E-state index contributed by atoms with van der Waals surface area (Å²) in [6, 6.07) is 26.8. The molecule has 4 aromatic rings. The molecule has 0 fully saturated rings. The topological polar surface area (TPSA) is 47.9 Å². The predicted octanol–water partition coefficient (Wildman–Crippen LogP) is 6.36. The quantitative estimate of drug-likeness (QED) is 0.229. The molecule has 170 valence electrons. The summed E-state index contributed by atoms with van der Waals surface area (Å²) in [6.45, 7) is 3.29. The van der Waals surface area contributed by atoms with Gasteiger partial charge in [0.2, 0.25) is 0 Å². The Morgan fingerprint density at radius 1 is 0.788 bits per heavy atom. The van der Waals surface area contributed by atoms with Crippen LogP contribution in [0, 0.1) is 0 Å². The van der Waals surface area contributed by atoms with Crippen LogP contribution >= 0.6 is 0 Å². The van der Waals surface area contributed by atoms with Crippen molar-refractivity contribution in [3.8, 4) is 22.6 Å². The van der Waals surface area contributed by atoms with Crippen LogP contribution in [0.2, 0.25) is 0 Å². The number of aryl methyl sites for hydroxylation is 1. The van der Waals surface area contributed by atoms with Crippen LogP contribution < -0.4 is 4.74 Å². The molecule has 0 aliphatic rings. The zero-order chi connectivity index (χ0) is 23.0. The van der Waals surface area contributed by atoms with Crippen molar-refractivity contribution in [3.05, 3.63) is 95.6 Å². The van der Waals surface area contributed by atoms with Gasteiger partial charge in [0.15, 0.2) is 6.79 Å². The van der Waals surface area contributed by atoms with Crippen LogP contribution in [-0.2, 0) is 22.3 Å². The zero-order valence-electron chi connectivity index (χ0n) is 19.2. The summed E-state index contributed by atoms with van der Waals surface area (Å²) < 4.78 is 16.5. The van der Waals surface area contributed by atoms with Gasteiger partial charge in [0.05, 0.1) is 13.2 Å². The van der Waals surface area contributed by atoms with Crippen molar-refractivity contribution in [2.45, 2.75) is 19.8 Å². The third-order valence-electron chi connectivity index (χ3n) is 5.76. The van der Waals surface area contributed by atoms with Crippen molar-refractivity contribution in [2.24, 2.45) is 0 Å². The molecule has 0 saturated heterocycles. The minimum Gasteiger partial charge on any atom is -0.507 e. The lowest BCUT2D eigenvalue weighted by molar-refractivity contribution is -0.00882. The van der Waals surface area contributed by atoms with Crippen LogP contribution in [0.3, 0.4) is 0 Å². The Kier molecular flexibility index (Phi) is 7.61. The van der Waals surface area contributed by atoms with Gasteiger partial charge < -0.3 is 19.3 Å². The number of rotatable bonds is 10. The van der Waals surface area contributed by atoms with E-state index in [1.54, 1.807) is 7.11 Å². The van der Waals surface area contributed by atoms with E-state index in [2.05, 4.69) is 55.5 Å². The first-order chi connectivity index (χ1) is 16.2. The average Bonchev–Trinajstić information content (AvgIpc) is 2.85. The zero-order valence-corrected chi connectivity index (χ0v) is 19.2. The molecule has 0 aliphatic carbocycles. The number of methoxy groups -OCH3 is 1. The Balaban J connectivity index is 1.65. The van der Waals surface area contributed by atoms with E-state index >= 15 is 0 Å². The fourth-order valence-electron chi connectivity index (χ4n) is 3.94. The molecule has 0 bridgehead atoms. The van der Waals surface area contributed by atoms with Crippen molar-refractivity contribution in [1.82, 2.24) is 0 Å². The highest BCUT2D eigenvalue weighted by Gasteiger charge is 2.10. The molecule has 1 N–H and O–H groups in total. The molecule has 0 heterocycles. The van der Waals surface area contributed by atoms with Crippen LogP contribution in [0.4, 0.5) is 0 Å². The third kappa shape index (κ3) is 5.72. The van der Waals surface area contributed by atoms with Crippen molar-refractivity contribution < 1.29 is 19.3 Å². The van der Waals surface area contributed by atoms with E-state index in [1.165, 1.54) is 5.56 Å². The Bertz CT molecular complexity index is 1200. The Morgan fingerprint density at radius 3 is 2.36 bits per heavy atom. The van der Waals surface area contributed by atoms with Crippen LogP contribution in [0.15, 0.2) is 78.9 Å². The second-order valence-corrected chi connectivity index (χ2v) is 8.05. The Hall–Kier alpha value is -3.34. The molecule has 0 spiro atoms. The number of phenols is 1. The second kappa shape index (κ2) is 11.0. The number of hydrogen-bond donors (Lipinski definition) is 1. The Morgan fingerprint density at radius 2 is 1.58 bits per heavy atom. The highest BCUT2D eigenvalue weighted by atomic mass is 16.7. The molecule has 4 nitrogen and oxygen atoms in total. The van der Waals surface area contributed by atoms with Gasteiger partial charge in [-0.05, 0) is 63.9 Å². The van der Waals surface area contributed by atoms with E-state index in [9.17, 15) is 5.11 Å². The molecule has 0 saturated carbocycles. The van der Waals surface area contributed by atoms with E-state index in [-0.39, 0.29) is 6.79 Å². The molecule has 0 unspecified atom stereocenters. The standard InChI is InChI=1S/C29H30O4/c1-3-21-15-25-10-9-24(19-27(25)28(30)17-21)23-11-12-29(33-20-32-14-13-31-2)26(18-23)16-22-7-5-4-6-8-22/h4-12,15,17-19,30H,3,13-14,16,20H2,1-2H3. The van der Waals surface area contributed by atoms with Gasteiger partial charge in [-0.3, -0.25) is 0 Å². The lowest BCUT2D eigenvalue weighted by Crippen LogP contribution is -2.09. The molecule has 4 rings (SSSR count). The number of phenolic OH excluding ortho intramolecular Hbond substituents is 1. The van der Waals surface area contributed by atoms with Gasteiger partial charge in [0, 0.05) is 18.9 Å². The van der Waals surface area contributed by atoms with Gasteiger partial charge in [0.25, 0.3) is 0 Å². The number of aromatic hydroxyl groups is 1. The summed E-state index contributed by atoms with van der Waals surface area (Å²) in [4.78, 5) is 0. The normalized spacial score (nSPS) is 11.1. The van der Waals surface area contributed by atoms with Crippen LogP contribution in [0.1, 0.15) is 23.6 Å². The van der Waals surface area contributed by atoms with Crippen molar-refractivity contribution >= 4 is 10.8 Å². The van der Waals surface area contributed by atoms with E-state index in [4.69, 9.17) is 14.2 Å². The number of fused-ring (bicyclic) bond motifs is 1. The largest absolute Gasteiger partial charge is 0.507 e. The summed E-state index contributed by atoms with van der Waals surface area (Å²) in [7, 11) is 1.65. The first-order valence-electron chi connectivity index (χ1n) is 11.3. The lowest BCUT2D eigenvalue weighted by atomic mass is 9.95. The summed E-state index contributed by atoms with van der Waals surface area (Å²) in [5.74, 6) is 1.13. The molecule has 0 aliphatic heterocycles. The fraction of sp³-hybridized carbons (Fsp3) is 0.241. The molecule has 4 aromatic carbocycles. The number of hydrogen-bond acceptors (Lipinski definition) is 4. The maximum absolute atomic E-state index is 10.6. The van der Waals surface area contributed by atoms with Crippen LogP contribution in [-0.4, -0.2) is 32.2 Å². The number of benzene rings is 4. The molecule has 4 heteroatoms. The minimum absolute atomic E-state index is 0.175. The molecular weight excluding hydrogens is 412 g/mol. The molecule has 0 atom stereocenters. The van der Waals surface area contributed by atoms with E-state index in [1.807, 2.05) is 30.3 Å². The fourth-order valence-corrected chi connectivity index (χ4v) is 3.94. The maximum Gasteiger partial charge on any atom is 0.189 e. The Labute approximate surface area is 195 Å². The summed E-state index contributed by atoms with van der Waals surface area (Å²) in [6.07, 6.45) is 1.64.